The first-order chi connectivity index (χ1) is 10.6. The van der Waals surface area contributed by atoms with Gasteiger partial charge in [0.25, 0.3) is 0 Å². The lowest BCUT2D eigenvalue weighted by Gasteiger charge is -2.55. The molecule has 23 heavy (non-hydrogen) atoms. The number of unbranched alkanes of at least 4 members (excludes halogenated alkanes) is 1. The molecule has 0 aliphatic carbocycles. The van der Waals surface area contributed by atoms with Gasteiger partial charge in [-0.15, -0.1) is 0 Å². The molecule has 0 aromatic heterocycles. The Morgan fingerprint density at radius 1 is 1.26 bits per heavy atom. The van der Waals surface area contributed by atoms with Crippen LogP contribution in [0.3, 0.4) is 0 Å². The summed E-state index contributed by atoms with van der Waals surface area (Å²) in [6.07, 6.45) is 1.45. The van der Waals surface area contributed by atoms with Crippen molar-refractivity contribution in [2.24, 2.45) is 0 Å². The van der Waals surface area contributed by atoms with Gasteiger partial charge in [0.15, 0.2) is 0 Å². The summed E-state index contributed by atoms with van der Waals surface area (Å²) in [4.78, 5) is 26.9. The van der Waals surface area contributed by atoms with Crippen LogP contribution in [0.4, 0.5) is 4.79 Å². The van der Waals surface area contributed by atoms with E-state index in [9.17, 15) is 19.8 Å². The van der Waals surface area contributed by atoms with Gasteiger partial charge in [0, 0.05) is 19.6 Å². The van der Waals surface area contributed by atoms with Gasteiger partial charge in [0.05, 0.1) is 18.6 Å². The molecule has 0 radical (unpaired) electrons. The number of aliphatic carboxylic acids is 1. The topological polar surface area (TPSA) is 90.3 Å². The predicted molar refractivity (Wildman–Crippen MR) is 86.4 cm³/mol. The molecule has 7 nitrogen and oxygen atoms in total. The third-order valence-corrected chi connectivity index (χ3v) is 3.92. The molecular weight excluding hydrogens is 300 g/mol. The fourth-order valence-electron chi connectivity index (χ4n) is 2.88. The van der Waals surface area contributed by atoms with Crippen LogP contribution < -0.4 is 0 Å². The van der Waals surface area contributed by atoms with Crippen molar-refractivity contribution in [2.45, 2.75) is 58.1 Å². The maximum absolute atomic E-state index is 12.1. The average molecular weight is 330 g/mol. The Balaban J connectivity index is 2.78. The second kappa shape index (κ2) is 7.97. The minimum atomic E-state index is -0.895. The van der Waals surface area contributed by atoms with Gasteiger partial charge in [-0.2, -0.15) is 0 Å². The first-order valence-electron chi connectivity index (χ1n) is 8.19. The molecule has 1 fully saturated rings. The number of β-amino-alcohol motifs (C(OH)–C–C–N with tert-alkyl or cyclic N) is 1. The lowest BCUT2D eigenvalue weighted by Crippen LogP contribution is -2.72. The number of aliphatic hydroxyl groups excluding tert-OH is 1. The van der Waals surface area contributed by atoms with Crippen molar-refractivity contribution in [3.05, 3.63) is 0 Å². The third-order valence-electron chi connectivity index (χ3n) is 3.92. The molecule has 1 aliphatic rings. The van der Waals surface area contributed by atoms with Gasteiger partial charge in [-0.05, 0) is 33.7 Å². The molecule has 1 heterocycles. The number of amides is 1. The van der Waals surface area contributed by atoms with Crippen molar-refractivity contribution >= 4 is 12.1 Å². The van der Waals surface area contributed by atoms with E-state index in [0.717, 1.165) is 12.8 Å². The molecule has 2 N–H and O–H groups in total. The summed E-state index contributed by atoms with van der Waals surface area (Å²) >= 11 is 0. The Kier molecular flexibility index (Phi) is 6.83. The predicted octanol–water partition coefficient (Wildman–Crippen LogP) is 1.54. The van der Waals surface area contributed by atoms with Crippen LogP contribution in [-0.2, 0) is 9.53 Å². The number of hydrogen-bond acceptors (Lipinski definition) is 5. The van der Waals surface area contributed by atoms with Crippen LogP contribution in [0.5, 0.6) is 0 Å². The van der Waals surface area contributed by atoms with E-state index in [4.69, 9.17) is 4.74 Å². The zero-order valence-corrected chi connectivity index (χ0v) is 14.7. The van der Waals surface area contributed by atoms with Gasteiger partial charge in [-0.1, -0.05) is 13.3 Å². The van der Waals surface area contributed by atoms with E-state index in [0.29, 0.717) is 26.2 Å². The Hall–Kier alpha value is -1.34. The molecule has 0 aromatic rings. The second-order valence-corrected chi connectivity index (χ2v) is 7.20. The van der Waals surface area contributed by atoms with Crippen molar-refractivity contribution in [1.82, 2.24) is 9.80 Å². The molecule has 0 bridgehead atoms. The monoisotopic (exact) mass is 330 g/mol. The molecule has 0 saturated carbocycles. The first kappa shape index (κ1) is 19.7. The van der Waals surface area contributed by atoms with Crippen molar-refractivity contribution in [2.75, 3.05) is 32.8 Å². The van der Waals surface area contributed by atoms with E-state index in [-0.39, 0.29) is 13.0 Å². The van der Waals surface area contributed by atoms with Gasteiger partial charge in [0.1, 0.15) is 5.60 Å². The largest absolute Gasteiger partial charge is 0.481 e. The molecule has 7 heteroatoms. The third kappa shape index (κ3) is 5.66. The maximum Gasteiger partial charge on any atom is 0.410 e. The van der Waals surface area contributed by atoms with Crippen molar-refractivity contribution in [3.63, 3.8) is 0 Å². The number of rotatable bonds is 8. The van der Waals surface area contributed by atoms with Crippen molar-refractivity contribution in [3.8, 4) is 0 Å². The van der Waals surface area contributed by atoms with Gasteiger partial charge in [0.2, 0.25) is 0 Å². The zero-order valence-electron chi connectivity index (χ0n) is 14.7. The normalized spacial score (nSPS) is 17.0. The first-order valence-corrected chi connectivity index (χ1v) is 8.19. The van der Waals surface area contributed by atoms with Gasteiger partial charge < -0.3 is 19.8 Å². The molecule has 1 aliphatic heterocycles. The standard InChI is InChI=1S/C16H30N2O5/c1-5-6-7-18(8-9-19)16(10-13(20)21)11-17(12-16)14(22)23-15(2,3)4/h19H,5-12H2,1-4H3,(H,20,21). The molecule has 134 valence electrons. The number of hydrogen-bond donors (Lipinski definition) is 2. The molecule has 0 atom stereocenters. The lowest BCUT2D eigenvalue weighted by atomic mass is 9.84. The zero-order chi connectivity index (χ0) is 17.7. The van der Waals surface area contributed by atoms with Crippen LogP contribution in [0.1, 0.15) is 47.0 Å². The van der Waals surface area contributed by atoms with Crippen molar-refractivity contribution in [1.29, 1.82) is 0 Å². The molecule has 1 saturated heterocycles. The number of ether oxygens (including phenoxy) is 1. The second-order valence-electron chi connectivity index (χ2n) is 7.20. The van der Waals surface area contributed by atoms with Crippen LogP contribution in [0.25, 0.3) is 0 Å². The number of carbonyl (C=O) groups is 2. The molecular formula is C16H30N2O5. The minimum absolute atomic E-state index is 0.0302. The van der Waals surface area contributed by atoms with Crippen LogP contribution in [0.2, 0.25) is 0 Å². The van der Waals surface area contributed by atoms with Crippen LogP contribution in [0, 0.1) is 0 Å². The quantitative estimate of drug-likeness (QED) is 0.702. The van der Waals surface area contributed by atoms with E-state index in [1.807, 2.05) is 4.90 Å². The fraction of sp³-hybridized carbons (Fsp3) is 0.875. The van der Waals surface area contributed by atoms with E-state index >= 15 is 0 Å². The smallest absolute Gasteiger partial charge is 0.410 e. The Morgan fingerprint density at radius 3 is 2.30 bits per heavy atom. The molecule has 1 rings (SSSR count). The van der Waals surface area contributed by atoms with Crippen LogP contribution in [0.15, 0.2) is 0 Å². The number of aliphatic hydroxyl groups is 1. The summed E-state index contributed by atoms with van der Waals surface area (Å²) in [6.45, 7) is 9.20. The van der Waals surface area contributed by atoms with Gasteiger partial charge >= 0.3 is 12.1 Å². The highest BCUT2D eigenvalue weighted by Crippen LogP contribution is 2.33. The summed E-state index contributed by atoms with van der Waals surface area (Å²) in [5.74, 6) is -0.895. The number of carboxylic acids is 1. The summed E-state index contributed by atoms with van der Waals surface area (Å²) in [7, 11) is 0. The summed E-state index contributed by atoms with van der Waals surface area (Å²) in [5, 5.41) is 18.5. The molecule has 0 spiro atoms. The number of nitrogens with zero attached hydrogens (tertiary/aromatic N) is 2. The molecule has 0 aromatic carbocycles. The van der Waals surface area contributed by atoms with Crippen LogP contribution in [-0.4, -0.2) is 76.0 Å². The fourth-order valence-corrected chi connectivity index (χ4v) is 2.88. The van der Waals surface area contributed by atoms with E-state index < -0.39 is 23.2 Å². The van der Waals surface area contributed by atoms with Gasteiger partial charge in [-0.25, -0.2) is 4.79 Å². The number of carbonyl (C=O) groups excluding carboxylic acids is 1. The summed E-state index contributed by atoms with van der Waals surface area (Å²) in [5.41, 5.74) is -1.18. The minimum Gasteiger partial charge on any atom is -0.481 e. The van der Waals surface area contributed by atoms with Crippen LogP contribution >= 0.6 is 0 Å². The highest BCUT2D eigenvalue weighted by Gasteiger charge is 2.51. The molecule has 0 unspecified atom stereocenters. The summed E-state index contributed by atoms with van der Waals surface area (Å²) < 4.78 is 5.33. The van der Waals surface area contributed by atoms with E-state index in [1.165, 1.54) is 4.90 Å². The van der Waals surface area contributed by atoms with E-state index in [2.05, 4.69) is 6.92 Å². The average Bonchev–Trinajstić information content (AvgIpc) is 2.36. The van der Waals surface area contributed by atoms with Gasteiger partial charge in [-0.3, -0.25) is 9.69 Å². The van der Waals surface area contributed by atoms with Crippen molar-refractivity contribution < 1.29 is 24.5 Å². The Bertz CT molecular complexity index is 413. The number of carboxylic acid groups (broad SMARTS) is 1. The SMILES string of the molecule is CCCCN(CCO)C1(CC(=O)O)CN(C(=O)OC(C)(C)C)C1. The molecule has 1 amide bonds. The Morgan fingerprint density at radius 2 is 1.87 bits per heavy atom. The maximum atomic E-state index is 12.1. The lowest BCUT2D eigenvalue weighted by molar-refractivity contribution is -0.146. The number of likely N-dealkylation sites (tertiary alicyclic amines) is 1. The van der Waals surface area contributed by atoms with E-state index in [1.54, 1.807) is 20.8 Å². The highest BCUT2D eigenvalue weighted by atomic mass is 16.6. The summed E-state index contributed by atoms with van der Waals surface area (Å²) in [6, 6.07) is 0. The Labute approximate surface area is 138 Å². The highest BCUT2D eigenvalue weighted by molar-refractivity contribution is 5.73.